The molecule has 0 saturated carbocycles. The van der Waals surface area contributed by atoms with Crippen LogP contribution in [0.2, 0.25) is 0 Å². The van der Waals surface area contributed by atoms with Crippen molar-refractivity contribution in [1.29, 1.82) is 0 Å². The molecule has 0 radical (unpaired) electrons. The first-order valence-electron chi connectivity index (χ1n) is 8.33. The van der Waals surface area contributed by atoms with Crippen LogP contribution in [0, 0.1) is 5.92 Å². The maximum absolute atomic E-state index is 12.6. The summed E-state index contributed by atoms with van der Waals surface area (Å²) in [6.07, 6.45) is 6.53. The van der Waals surface area contributed by atoms with Crippen molar-refractivity contribution in [3.8, 4) is 0 Å². The molecule has 2 aliphatic heterocycles. The molecule has 0 aliphatic carbocycles. The first-order chi connectivity index (χ1) is 10.7. The number of aromatic nitrogens is 1. The van der Waals surface area contributed by atoms with Gasteiger partial charge in [-0.05, 0) is 43.7 Å². The van der Waals surface area contributed by atoms with E-state index in [1.807, 2.05) is 17.0 Å². The topological polar surface area (TPSA) is 54.5 Å². The number of rotatable bonds is 4. The van der Waals surface area contributed by atoms with Crippen molar-refractivity contribution in [2.45, 2.75) is 38.7 Å². The number of piperidine rings is 1. The summed E-state index contributed by atoms with van der Waals surface area (Å²) >= 11 is 0. The monoisotopic (exact) mass is 303 g/mol. The molecule has 22 heavy (non-hydrogen) atoms. The number of carbonyl (C=O) groups excluding carboxylic acids is 1. The molecule has 0 bridgehead atoms. The molecule has 2 aliphatic rings. The minimum absolute atomic E-state index is 0.0484. The van der Waals surface area contributed by atoms with E-state index in [0.717, 1.165) is 51.2 Å². The molecule has 5 heteroatoms. The van der Waals surface area contributed by atoms with Crippen molar-refractivity contribution in [2.75, 3.05) is 31.6 Å². The number of nitrogens with one attached hydrogen (secondary N) is 1. The van der Waals surface area contributed by atoms with Crippen LogP contribution in [0.1, 0.15) is 43.1 Å². The number of anilines is 1. The fraction of sp³-hybridized carbons (Fsp3) is 0.647. The Labute approximate surface area is 132 Å². The summed E-state index contributed by atoms with van der Waals surface area (Å²) in [5, 5.41) is 3.36. The minimum atomic E-state index is 0.0484. The Kier molecular flexibility index (Phi) is 4.93. The fourth-order valence-electron chi connectivity index (χ4n) is 3.23. The molecule has 0 aromatic carbocycles. The van der Waals surface area contributed by atoms with Crippen molar-refractivity contribution in [3.63, 3.8) is 0 Å². The Hall–Kier alpha value is -1.62. The van der Waals surface area contributed by atoms with Gasteiger partial charge in [-0.2, -0.15) is 0 Å². The van der Waals surface area contributed by atoms with Crippen LogP contribution >= 0.6 is 0 Å². The minimum Gasteiger partial charge on any atom is -0.382 e. The van der Waals surface area contributed by atoms with Gasteiger partial charge in [0.15, 0.2) is 0 Å². The quantitative estimate of drug-likeness (QED) is 0.929. The third-order valence-corrected chi connectivity index (χ3v) is 4.48. The third-order valence-electron chi connectivity index (χ3n) is 4.48. The van der Waals surface area contributed by atoms with Crippen LogP contribution in [0.4, 0.5) is 5.69 Å². The number of ether oxygens (including phenoxy) is 1. The molecule has 2 atom stereocenters. The van der Waals surface area contributed by atoms with Gasteiger partial charge in [-0.25, -0.2) is 0 Å². The lowest BCUT2D eigenvalue weighted by Gasteiger charge is -2.30. The lowest BCUT2D eigenvalue weighted by atomic mass is 10.00. The number of carbonyl (C=O) groups is 1. The summed E-state index contributed by atoms with van der Waals surface area (Å²) in [4.78, 5) is 18.8. The van der Waals surface area contributed by atoms with Crippen molar-refractivity contribution in [2.24, 2.45) is 5.92 Å². The van der Waals surface area contributed by atoms with Crippen LogP contribution in [0.25, 0.3) is 0 Å². The molecule has 120 valence electrons. The van der Waals surface area contributed by atoms with E-state index in [1.54, 1.807) is 6.20 Å². The molecule has 5 nitrogen and oxygen atoms in total. The van der Waals surface area contributed by atoms with E-state index < -0.39 is 0 Å². The highest BCUT2D eigenvalue weighted by Gasteiger charge is 2.23. The lowest BCUT2D eigenvalue weighted by molar-refractivity contribution is 0.0677. The molecular weight excluding hydrogens is 278 g/mol. The summed E-state index contributed by atoms with van der Waals surface area (Å²) in [5.74, 6) is 0.630. The number of hydrogen-bond donors (Lipinski definition) is 1. The van der Waals surface area contributed by atoms with Crippen LogP contribution in [-0.2, 0) is 4.74 Å². The second-order valence-corrected chi connectivity index (χ2v) is 6.44. The Bertz CT molecular complexity index is 514. The fourth-order valence-corrected chi connectivity index (χ4v) is 3.23. The summed E-state index contributed by atoms with van der Waals surface area (Å²) < 4.78 is 5.61. The van der Waals surface area contributed by atoms with E-state index in [1.165, 1.54) is 6.42 Å². The zero-order valence-electron chi connectivity index (χ0n) is 13.3. The molecule has 2 unspecified atom stereocenters. The van der Waals surface area contributed by atoms with Crippen molar-refractivity contribution < 1.29 is 9.53 Å². The number of pyridine rings is 1. The number of amides is 1. The first kappa shape index (κ1) is 15.3. The van der Waals surface area contributed by atoms with Gasteiger partial charge in [0.2, 0.25) is 0 Å². The molecule has 0 spiro atoms. The number of hydrogen-bond acceptors (Lipinski definition) is 4. The largest absolute Gasteiger partial charge is 0.382 e. The van der Waals surface area contributed by atoms with Gasteiger partial charge in [-0.3, -0.25) is 9.78 Å². The summed E-state index contributed by atoms with van der Waals surface area (Å²) in [5.41, 5.74) is 1.48. The zero-order chi connectivity index (χ0) is 15.4. The Balaban J connectivity index is 1.61. The van der Waals surface area contributed by atoms with Crippen molar-refractivity contribution in [3.05, 3.63) is 24.0 Å². The molecular formula is C17H25N3O2. The highest BCUT2D eigenvalue weighted by atomic mass is 16.5. The predicted octanol–water partition coefficient (Wildman–Crippen LogP) is 2.54. The Morgan fingerprint density at radius 1 is 1.45 bits per heavy atom. The average Bonchev–Trinajstić information content (AvgIpc) is 3.06. The normalized spacial score (nSPS) is 25.2. The van der Waals surface area contributed by atoms with Gasteiger partial charge in [-0.15, -0.1) is 0 Å². The smallest absolute Gasteiger partial charge is 0.272 e. The van der Waals surface area contributed by atoms with Gasteiger partial charge in [0, 0.05) is 38.1 Å². The molecule has 1 amide bonds. The van der Waals surface area contributed by atoms with Gasteiger partial charge in [0.1, 0.15) is 5.69 Å². The second-order valence-electron chi connectivity index (χ2n) is 6.44. The molecule has 2 fully saturated rings. The predicted molar refractivity (Wildman–Crippen MR) is 86.0 cm³/mol. The first-order valence-corrected chi connectivity index (χ1v) is 8.33. The van der Waals surface area contributed by atoms with Gasteiger partial charge < -0.3 is 15.0 Å². The van der Waals surface area contributed by atoms with Crippen molar-refractivity contribution in [1.82, 2.24) is 9.88 Å². The van der Waals surface area contributed by atoms with Crippen LogP contribution in [0.5, 0.6) is 0 Å². The van der Waals surface area contributed by atoms with Crippen LogP contribution < -0.4 is 5.32 Å². The number of likely N-dealkylation sites (tertiary alicyclic amines) is 1. The van der Waals surface area contributed by atoms with Crippen molar-refractivity contribution >= 4 is 11.6 Å². The van der Waals surface area contributed by atoms with Crippen LogP contribution in [0.3, 0.4) is 0 Å². The SMILES string of the molecule is CC1CCCN(C(=O)c2cc(NCC3CCCO3)ccn2)C1. The maximum atomic E-state index is 12.6. The molecule has 1 aromatic rings. The van der Waals surface area contributed by atoms with Gasteiger partial charge in [0.05, 0.1) is 6.10 Å². The number of nitrogens with zero attached hydrogens (tertiary/aromatic N) is 2. The van der Waals surface area contributed by atoms with Gasteiger partial charge in [-0.1, -0.05) is 6.92 Å². The Morgan fingerprint density at radius 3 is 3.14 bits per heavy atom. The van der Waals surface area contributed by atoms with Crippen LogP contribution in [0.15, 0.2) is 18.3 Å². The molecule has 2 saturated heterocycles. The molecule has 1 N–H and O–H groups in total. The van der Waals surface area contributed by atoms with E-state index in [2.05, 4.69) is 17.2 Å². The van der Waals surface area contributed by atoms with E-state index >= 15 is 0 Å². The zero-order valence-corrected chi connectivity index (χ0v) is 13.3. The van der Waals surface area contributed by atoms with E-state index in [9.17, 15) is 4.79 Å². The average molecular weight is 303 g/mol. The van der Waals surface area contributed by atoms with Crippen LogP contribution in [-0.4, -0.2) is 48.1 Å². The maximum Gasteiger partial charge on any atom is 0.272 e. The standard InChI is InChI=1S/C17H25N3O2/c1-13-4-2-8-20(12-13)17(21)16-10-14(6-7-18-16)19-11-15-5-3-9-22-15/h6-7,10,13,15H,2-5,8-9,11-12H2,1H3,(H,18,19). The highest BCUT2D eigenvalue weighted by Crippen LogP contribution is 2.19. The summed E-state index contributed by atoms with van der Waals surface area (Å²) in [6.45, 7) is 5.54. The molecule has 3 heterocycles. The summed E-state index contributed by atoms with van der Waals surface area (Å²) in [6, 6.07) is 3.76. The highest BCUT2D eigenvalue weighted by molar-refractivity contribution is 5.93. The van der Waals surface area contributed by atoms with Gasteiger partial charge in [0.25, 0.3) is 5.91 Å². The third kappa shape index (κ3) is 3.77. The van der Waals surface area contributed by atoms with E-state index in [4.69, 9.17) is 4.74 Å². The lowest BCUT2D eigenvalue weighted by Crippen LogP contribution is -2.39. The molecule has 1 aromatic heterocycles. The van der Waals surface area contributed by atoms with E-state index in [0.29, 0.717) is 11.6 Å². The second kappa shape index (κ2) is 7.09. The van der Waals surface area contributed by atoms with E-state index in [-0.39, 0.29) is 12.0 Å². The summed E-state index contributed by atoms with van der Waals surface area (Å²) in [7, 11) is 0. The molecule has 3 rings (SSSR count). The van der Waals surface area contributed by atoms with Gasteiger partial charge >= 0.3 is 0 Å². The Morgan fingerprint density at radius 2 is 2.36 bits per heavy atom.